The third kappa shape index (κ3) is 5.71. The fourth-order valence-electron chi connectivity index (χ4n) is 2.89. The zero-order chi connectivity index (χ0) is 13.4. The van der Waals surface area contributed by atoms with E-state index in [-0.39, 0.29) is 0 Å². The maximum Gasteiger partial charge on any atom is 0.0700 e. The number of hydrogen-bond donors (Lipinski definition) is 1. The zero-order valence-corrected chi connectivity index (χ0v) is 12.9. The molecular weight excluding hydrogens is 222 g/mol. The summed E-state index contributed by atoms with van der Waals surface area (Å²) in [7, 11) is 0. The molecule has 0 spiro atoms. The maximum absolute atomic E-state index is 6.36. The Morgan fingerprint density at radius 1 is 1.11 bits per heavy atom. The standard InChI is InChI=1S/C16H33NO/c1-5-14-9-7-8-10-16(14)18-15(6-2)12-17-11-13(3)4/h13-17H,5-12H2,1-4H3. The molecule has 0 aromatic rings. The van der Waals surface area contributed by atoms with Gasteiger partial charge in [-0.05, 0) is 37.6 Å². The van der Waals surface area contributed by atoms with E-state index in [1.807, 2.05) is 0 Å². The molecule has 0 aliphatic heterocycles. The Bertz CT molecular complexity index is 205. The summed E-state index contributed by atoms with van der Waals surface area (Å²) in [4.78, 5) is 0. The van der Waals surface area contributed by atoms with Crippen LogP contribution in [0, 0.1) is 11.8 Å². The van der Waals surface area contributed by atoms with E-state index >= 15 is 0 Å². The molecule has 3 atom stereocenters. The highest BCUT2D eigenvalue weighted by atomic mass is 16.5. The van der Waals surface area contributed by atoms with Crippen LogP contribution in [0.25, 0.3) is 0 Å². The maximum atomic E-state index is 6.36. The third-order valence-corrected chi connectivity index (χ3v) is 4.11. The minimum atomic E-state index is 0.404. The minimum absolute atomic E-state index is 0.404. The third-order valence-electron chi connectivity index (χ3n) is 4.11. The second-order valence-electron chi connectivity index (χ2n) is 6.21. The summed E-state index contributed by atoms with van der Waals surface area (Å²) in [6.07, 6.45) is 8.74. The van der Waals surface area contributed by atoms with E-state index in [1.165, 1.54) is 32.1 Å². The first-order chi connectivity index (χ1) is 8.67. The second-order valence-corrected chi connectivity index (χ2v) is 6.21. The van der Waals surface area contributed by atoms with Crippen molar-refractivity contribution in [2.45, 2.75) is 78.4 Å². The second kappa shape index (κ2) is 8.92. The van der Waals surface area contributed by atoms with Crippen LogP contribution in [0.5, 0.6) is 0 Å². The molecule has 0 aromatic carbocycles. The van der Waals surface area contributed by atoms with Gasteiger partial charge < -0.3 is 10.1 Å². The molecule has 1 saturated carbocycles. The fourth-order valence-corrected chi connectivity index (χ4v) is 2.89. The Labute approximate surface area is 114 Å². The number of hydrogen-bond acceptors (Lipinski definition) is 2. The molecule has 3 unspecified atom stereocenters. The molecule has 1 aliphatic rings. The Morgan fingerprint density at radius 2 is 1.83 bits per heavy atom. The van der Waals surface area contributed by atoms with Gasteiger partial charge in [-0.15, -0.1) is 0 Å². The lowest BCUT2D eigenvalue weighted by molar-refractivity contribution is -0.0608. The topological polar surface area (TPSA) is 21.3 Å². The fraction of sp³-hybridized carbons (Fsp3) is 1.00. The van der Waals surface area contributed by atoms with E-state index in [4.69, 9.17) is 4.74 Å². The van der Waals surface area contributed by atoms with Gasteiger partial charge in [0.15, 0.2) is 0 Å². The summed E-state index contributed by atoms with van der Waals surface area (Å²) in [5, 5.41) is 3.53. The molecule has 0 aromatic heterocycles. The molecule has 108 valence electrons. The largest absolute Gasteiger partial charge is 0.373 e. The lowest BCUT2D eigenvalue weighted by Crippen LogP contribution is -2.37. The van der Waals surface area contributed by atoms with Gasteiger partial charge in [0.25, 0.3) is 0 Å². The molecular formula is C16H33NO. The Balaban J connectivity index is 2.31. The van der Waals surface area contributed by atoms with Crippen molar-refractivity contribution >= 4 is 0 Å². The Hall–Kier alpha value is -0.0800. The van der Waals surface area contributed by atoms with Crippen molar-refractivity contribution in [3.63, 3.8) is 0 Å². The minimum Gasteiger partial charge on any atom is -0.373 e. The molecule has 2 nitrogen and oxygen atoms in total. The van der Waals surface area contributed by atoms with Gasteiger partial charge in [0.1, 0.15) is 0 Å². The Morgan fingerprint density at radius 3 is 2.44 bits per heavy atom. The summed E-state index contributed by atoms with van der Waals surface area (Å²) in [6, 6.07) is 0. The van der Waals surface area contributed by atoms with Gasteiger partial charge in [-0.3, -0.25) is 0 Å². The normalized spacial score (nSPS) is 26.5. The number of nitrogens with one attached hydrogen (secondary N) is 1. The highest BCUT2D eigenvalue weighted by Crippen LogP contribution is 2.30. The van der Waals surface area contributed by atoms with Crippen molar-refractivity contribution in [3.05, 3.63) is 0 Å². The number of rotatable bonds is 8. The summed E-state index contributed by atoms with van der Waals surface area (Å²) in [5.41, 5.74) is 0. The monoisotopic (exact) mass is 255 g/mol. The lowest BCUT2D eigenvalue weighted by atomic mass is 9.84. The van der Waals surface area contributed by atoms with Crippen LogP contribution in [-0.2, 0) is 4.74 Å². The molecule has 18 heavy (non-hydrogen) atoms. The van der Waals surface area contributed by atoms with Crippen molar-refractivity contribution < 1.29 is 4.74 Å². The molecule has 0 radical (unpaired) electrons. The van der Waals surface area contributed by atoms with Crippen LogP contribution in [0.4, 0.5) is 0 Å². The first kappa shape index (κ1) is 16.0. The smallest absolute Gasteiger partial charge is 0.0700 e. The van der Waals surface area contributed by atoms with Crippen LogP contribution in [0.3, 0.4) is 0 Å². The SMILES string of the molecule is CCC(CNCC(C)C)OC1CCCCC1CC. The van der Waals surface area contributed by atoms with Gasteiger partial charge >= 0.3 is 0 Å². The predicted molar refractivity (Wildman–Crippen MR) is 78.9 cm³/mol. The molecule has 0 amide bonds. The average Bonchev–Trinajstić information content (AvgIpc) is 2.37. The lowest BCUT2D eigenvalue weighted by Gasteiger charge is -2.34. The quantitative estimate of drug-likeness (QED) is 0.708. The Kier molecular flexibility index (Phi) is 7.92. The zero-order valence-electron chi connectivity index (χ0n) is 12.9. The highest BCUT2D eigenvalue weighted by molar-refractivity contribution is 4.77. The van der Waals surface area contributed by atoms with Crippen molar-refractivity contribution in [2.75, 3.05) is 13.1 Å². The van der Waals surface area contributed by atoms with Crippen molar-refractivity contribution in [3.8, 4) is 0 Å². The van der Waals surface area contributed by atoms with E-state index in [9.17, 15) is 0 Å². The van der Waals surface area contributed by atoms with E-state index in [1.54, 1.807) is 0 Å². The molecule has 2 heteroatoms. The van der Waals surface area contributed by atoms with Gasteiger partial charge in [-0.1, -0.05) is 47.0 Å². The van der Waals surface area contributed by atoms with Gasteiger partial charge in [0, 0.05) is 6.54 Å². The molecule has 1 N–H and O–H groups in total. The van der Waals surface area contributed by atoms with E-state index in [2.05, 4.69) is 33.0 Å². The number of ether oxygens (including phenoxy) is 1. The van der Waals surface area contributed by atoms with Gasteiger partial charge in [0.05, 0.1) is 12.2 Å². The molecule has 1 fully saturated rings. The van der Waals surface area contributed by atoms with Crippen LogP contribution in [0.15, 0.2) is 0 Å². The van der Waals surface area contributed by atoms with Crippen molar-refractivity contribution in [2.24, 2.45) is 11.8 Å². The average molecular weight is 255 g/mol. The van der Waals surface area contributed by atoms with Crippen molar-refractivity contribution in [1.29, 1.82) is 0 Å². The van der Waals surface area contributed by atoms with Gasteiger partial charge in [-0.2, -0.15) is 0 Å². The molecule has 0 heterocycles. The molecule has 1 rings (SSSR count). The molecule has 0 bridgehead atoms. The van der Waals surface area contributed by atoms with Gasteiger partial charge in [0.2, 0.25) is 0 Å². The molecule has 1 aliphatic carbocycles. The van der Waals surface area contributed by atoms with Crippen LogP contribution in [-0.4, -0.2) is 25.3 Å². The van der Waals surface area contributed by atoms with Crippen LogP contribution in [0.2, 0.25) is 0 Å². The van der Waals surface area contributed by atoms with Crippen LogP contribution < -0.4 is 5.32 Å². The highest BCUT2D eigenvalue weighted by Gasteiger charge is 2.26. The van der Waals surface area contributed by atoms with E-state index in [0.717, 1.165) is 31.3 Å². The predicted octanol–water partition coefficient (Wildman–Crippen LogP) is 4.00. The first-order valence-corrected chi connectivity index (χ1v) is 8.03. The molecule has 0 saturated heterocycles. The summed E-state index contributed by atoms with van der Waals surface area (Å²) in [6.45, 7) is 11.2. The van der Waals surface area contributed by atoms with Crippen molar-refractivity contribution in [1.82, 2.24) is 5.32 Å². The summed E-state index contributed by atoms with van der Waals surface area (Å²) in [5.74, 6) is 1.53. The van der Waals surface area contributed by atoms with Gasteiger partial charge in [-0.25, -0.2) is 0 Å². The first-order valence-electron chi connectivity index (χ1n) is 8.03. The van der Waals surface area contributed by atoms with E-state index < -0.39 is 0 Å². The summed E-state index contributed by atoms with van der Waals surface area (Å²) >= 11 is 0. The van der Waals surface area contributed by atoms with Crippen LogP contribution >= 0.6 is 0 Å². The van der Waals surface area contributed by atoms with E-state index in [0.29, 0.717) is 12.2 Å². The summed E-state index contributed by atoms with van der Waals surface area (Å²) < 4.78 is 6.36. The van der Waals surface area contributed by atoms with Crippen LogP contribution in [0.1, 0.15) is 66.2 Å².